The van der Waals surface area contributed by atoms with Crippen LogP contribution in [0.2, 0.25) is 0 Å². The Morgan fingerprint density at radius 1 is 1.04 bits per heavy atom. The van der Waals surface area contributed by atoms with E-state index in [9.17, 15) is 4.79 Å². The van der Waals surface area contributed by atoms with Crippen LogP contribution in [0.25, 0.3) is 5.69 Å². The first-order chi connectivity index (χ1) is 13.4. The van der Waals surface area contributed by atoms with E-state index in [1.54, 1.807) is 19.4 Å². The van der Waals surface area contributed by atoms with E-state index < -0.39 is 0 Å². The molecular formula is C23H25N3O2. The van der Waals surface area contributed by atoms with Crippen molar-refractivity contribution in [1.82, 2.24) is 9.99 Å². The molecule has 0 aliphatic carbocycles. The molecule has 0 spiro atoms. The van der Waals surface area contributed by atoms with Gasteiger partial charge in [-0.1, -0.05) is 18.2 Å². The van der Waals surface area contributed by atoms with Gasteiger partial charge in [0.2, 0.25) is 0 Å². The zero-order valence-corrected chi connectivity index (χ0v) is 16.9. The third-order valence-corrected chi connectivity index (χ3v) is 4.70. The second-order valence-corrected chi connectivity index (χ2v) is 6.90. The lowest BCUT2D eigenvalue weighted by atomic mass is 10.1. The Morgan fingerprint density at radius 2 is 1.79 bits per heavy atom. The molecule has 5 heteroatoms. The second-order valence-electron chi connectivity index (χ2n) is 6.90. The van der Waals surface area contributed by atoms with Gasteiger partial charge in [-0.05, 0) is 69.2 Å². The highest BCUT2D eigenvalue weighted by atomic mass is 16.5. The average Bonchev–Trinajstić information content (AvgIpc) is 2.94. The summed E-state index contributed by atoms with van der Waals surface area (Å²) in [5.41, 5.74) is 9.52. The van der Waals surface area contributed by atoms with Gasteiger partial charge >= 0.3 is 0 Å². The molecule has 5 nitrogen and oxygen atoms in total. The van der Waals surface area contributed by atoms with Crippen molar-refractivity contribution in [1.29, 1.82) is 0 Å². The summed E-state index contributed by atoms with van der Waals surface area (Å²) in [7, 11) is 1.55. The van der Waals surface area contributed by atoms with Gasteiger partial charge in [-0.15, -0.1) is 0 Å². The maximum absolute atomic E-state index is 12.4. The minimum Gasteiger partial charge on any atom is -0.496 e. The average molecular weight is 375 g/mol. The van der Waals surface area contributed by atoms with Crippen LogP contribution in [0.3, 0.4) is 0 Å². The lowest BCUT2D eigenvalue weighted by Gasteiger charge is -2.10. The quantitative estimate of drug-likeness (QED) is 0.528. The van der Waals surface area contributed by atoms with Gasteiger partial charge < -0.3 is 9.30 Å². The van der Waals surface area contributed by atoms with Crippen molar-refractivity contribution in [2.24, 2.45) is 5.10 Å². The molecule has 144 valence electrons. The molecule has 0 atom stereocenters. The van der Waals surface area contributed by atoms with E-state index >= 15 is 0 Å². The van der Waals surface area contributed by atoms with Gasteiger partial charge in [0.05, 0.1) is 18.9 Å². The van der Waals surface area contributed by atoms with E-state index in [0.29, 0.717) is 11.3 Å². The van der Waals surface area contributed by atoms with Gasteiger partial charge in [-0.3, -0.25) is 4.79 Å². The number of amides is 1. The lowest BCUT2D eigenvalue weighted by Crippen LogP contribution is -2.18. The summed E-state index contributed by atoms with van der Waals surface area (Å²) in [5.74, 6) is 0.228. The number of methoxy groups -OCH3 is 1. The maximum atomic E-state index is 12.4. The SMILES string of the molecule is COc1cc(C)ccc1C(=O)N/N=C\c1cc(C)n(-c2cccc(C)c2)c1C. The Labute approximate surface area is 165 Å². The second kappa shape index (κ2) is 8.13. The molecule has 1 aromatic heterocycles. The van der Waals surface area contributed by atoms with Gasteiger partial charge in [0.15, 0.2) is 0 Å². The fraction of sp³-hybridized carbons (Fsp3) is 0.217. The molecule has 0 aliphatic heterocycles. The Morgan fingerprint density at radius 3 is 2.50 bits per heavy atom. The van der Waals surface area contributed by atoms with Crippen LogP contribution in [0.15, 0.2) is 53.6 Å². The molecular weight excluding hydrogens is 350 g/mol. The first-order valence-electron chi connectivity index (χ1n) is 9.14. The Balaban J connectivity index is 1.80. The van der Waals surface area contributed by atoms with E-state index in [4.69, 9.17) is 4.74 Å². The number of benzene rings is 2. The minimum absolute atomic E-state index is 0.305. The molecule has 0 aliphatic rings. The van der Waals surface area contributed by atoms with Crippen LogP contribution >= 0.6 is 0 Å². The predicted molar refractivity (Wildman–Crippen MR) is 113 cm³/mol. The third-order valence-electron chi connectivity index (χ3n) is 4.70. The molecule has 0 saturated carbocycles. The van der Waals surface area contributed by atoms with Crippen LogP contribution in [0.4, 0.5) is 0 Å². The van der Waals surface area contributed by atoms with Crippen molar-refractivity contribution in [3.05, 3.63) is 82.2 Å². The summed E-state index contributed by atoms with van der Waals surface area (Å²) in [6.45, 7) is 8.13. The highest BCUT2D eigenvalue weighted by Crippen LogP contribution is 2.21. The standard InChI is InChI=1S/C23H25N3O2/c1-15-7-6-8-20(11-15)26-17(3)13-19(18(26)4)14-24-25-23(27)21-10-9-16(2)12-22(21)28-5/h6-14H,1-5H3,(H,25,27)/b24-14-. The van der Waals surface area contributed by atoms with Crippen molar-refractivity contribution >= 4 is 12.1 Å². The topological polar surface area (TPSA) is 55.6 Å². The van der Waals surface area contributed by atoms with Crippen LogP contribution in [0.1, 0.15) is 38.4 Å². The van der Waals surface area contributed by atoms with Crippen LogP contribution in [0.5, 0.6) is 5.75 Å². The van der Waals surface area contributed by atoms with Gasteiger partial charge in [-0.2, -0.15) is 5.10 Å². The molecule has 3 aromatic rings. The third kappa shape index (κ3) is 3.98. The highest BCUT2D eigenvalue weighted by molar-refractivity contribution is 5.97. The summed E-state index contributed by atoms with van der Waals surface area (Å²) >= 11 is 0. The largest absolute Gasteiger partial charge is 0.496 e. The maximum Gasteiger partial charge on any atom is 0.275 e. The molecule has 1 amide bonds. The smallest absolute Gasteiger partial charge is 0.275 e. The van der Waals surface area contributed by atoms with Gasteiger partial charge in [0.25, 0.3) is 5.91 Å². The van der Waals surface area contributed by atoms with E-state index in [1.165, 1.54) is 5.56 Å². The van der Waals surface area contributed by atoms with Crippen LogP contribution in [-0.4, -0.2) is 23.8 Å². The van der Waals surface area contributed by atoms with E-state index in [-0.39, 0.29) is 5.91 Å². The molecule has 2 aromatic carbocycles. The van der Waals surface area contributed by atoms with E-state index in [0.717, 1.165) is 28.2 Å². The van der Waals surface area contributed by atoms with Crippen molar-refractivity contribution < 1.29 is 9.53 Å². The van der Waals surface area contributed by atoms with Crippen LogP contribution < -0.4 is 10.2 Å². The number of carbonyl (C=O) groups excluding carboxylic acids is 1. The molecule has 0 fully saturated rings. The molecule has 3 rings (SSSR count). The summed E-state index contributed by atoms with van der Waals surface area (Å²) in [4.78, 5) is 12.4. The minimum atomic E-state index is -0.305. The molecule has 28 heavy (non-hydrogen) atoms. The van der Waals surface area contributed by atoms with Crippen molar-refractivity contribution in [2.45, 2.75) is 27.7 Å². The summed E-state index contributed by atoms with van der Waals surface area (Å²) in [6, 6.07) is 15.8. The normalized spacial score (nSPS) is 11.0. The number of carbonyl (C=O) groups is 1. The first kappa shape index (κ1) is 19.4. The van der Waals surface area contributed by atoms with Crippen molar-refractivity contribution in [3.63, 3.8) is 0 Å². The lowest BCUT2D eigenvalue weighted by molar-refractivity contribution is 0.0952. The highest BCUT2D eigenvalue weighted by Gasteiger charge is 2.12. The Bertz CT molecular complexity index is 1050. The molecule has 1 N–H and O–H groups in total. The monoisotopic (exact) mass is 375 g/mol. The number of hydrogen-bond donors (Lipinski definition) is 1. The molecule has 0 saturated heterocycles. The van der Waals surface area contributed by atoms with E-state index in [2.05, 4.69) is 53.2 Å². The molecule has 0 unspecified atom stereocenters. The molecule has 0 bridgehead atoms. The van der Waals surface area contributed by atoms with Gasteiger partial charge in [-0.25, -0.2) is 5.43 Å². The van der Waals surface area contributed by atoms with Crippen molar-refractivity contribution in [2.75, 3.05) is 7.11 Å². The number of aryl methyl sites for hydroxylation is 3. The summed E-state index contributed by atoms with van der Waals surface area (Å²) in [6.07, 6.45) is 1.67. The first-order valence-corrected chi connectivity index (χ1v) is 9.14. The Hall–Kier alpha value is -3.34. The predicted octanol–water partition coefficient (Wildman–Crippen LogP) is 4.48. The van der Waals surface area contributed by atoms with Crippen molar-refractivity contribution in [3.8, 4) is 11.4 Å². The van der Waals surface area contributed by atoms with Gasteiger partial charge in [0, 0.05) is 22.6 Å². The Kier molecular flexibility index (Phi) is 5.64. The number of hydrazone groups is 1. The zero-order valence-electron chi connectivity index (χ0n) is 16.9. The summed E-state index contributed by atoms with van der Waals surface area (Å²) in [5, 5.41) is 4.15. The number of rotatable bonds is 5. The van der Waals surface area contributed by atoms with Gasteiger partial charge in [0.1, 0.15) is 5.75 Å². The molecule has 1 heterocycles. The van der Waals surface area contributed by atoms with Crippen LogP contribution in [-0.2, 0) is 0 Å². The van der Waals surface area contributed by atoms with E-state index in [1.807, 2.05) is 32.0 Å². The number of nitrogens with zero attached hydrogens (tertiary/aromatic N) is 2. The van der Waals surface area contributed by atoms with Crippen LogP contribution in [0, 0.1) is 27.7 Å². The molecule has 0 radical (unpaired) electrons. The number of aromatic nitrogens is 1. The number of nitrogens with one attached hydrogen (secondary N) is 1. The summed E-state index contributed by atoms with van der Waals surface area (Å²) < 4.78 is 7.47. The number of ether oxygens (including phenoxy) is 1. The fourth-order valence-corrected chi connectivity index (χ4v) is 3.29. The fourth-order valence-electron chi connectivity index (χ4n) is 3.29. The number of hydrogen-bond acceptors (Lipinski definition) is 3. The zero-order chi connectivity index (χ0) is 20.3.